The molecule has 0 saturated heterocycles. The minimum Gasteiger partial charge on any atom is -0.317 e. The Hall–Kier alpha value is -0.120. The van der Waals surface area contributed by atoms with Crippen molar-refractivity contribution in [1.29, 1.82) is 0 Å². The molecule has 1 rings (SSSR count). The molecule has 2 unspecified atom stereocenters. The van der Waals surface area contributed by atoms with Crippen molar-refractivity contribution in [3.05, 3.63) is 0 Å². The first-order valence-corrected chi connectivity index (χ1v) is 7.21. The number of hydrogen-bond donors (Lipinski definition) is 1. The van der Waals surface area contributed by atoms with Gasteiger partial charge < -0.3 is 15.1 Å². The summed E-state index contributed by atoms with van der Waals surface area (Å²) in [7, 11) is 6.43. The van der Waals surface area contributed by atoms with Gasteiger partial charge in [-0.15, -0.1) is 0 Å². The van der Waals surface area contributed by atoms with E-state index in [0.717, 1.165) is 12.0 Å². The summed E-state index contributed by atoms with van der Waals surface area (Å²) in [5.41, 5.74) is 0. The molecule has 17 heavy (non-hydrogen) atoms. The van der Waals surface area contributed by atoms with E-state index in [9.17, 15) is 0 Å². The average Bonchev–Trinajstić information content (AvgIpc) is 2.74. The van der Waals surface area contributed by atoms with Crippen LogP contribution in [0.3, 0.4) is 0 Å². The van der Waals surface area contributed by atoms with Crippen molar-refractivity contribution < 1.29 is 0 Å². The molecule has 0 bridgehead atoms. The third-order valence-electron chi connectivity index (χ3n) is 4.05. The molecule has 0 aromatic heterocycles. The van der Waals surface area contributed by atoms with Crippen molar-refractivity contribution in [3.8, 4) is 0 Å². The second-order valence-electron chi connectivity index (χ2n) is 5.64. The maximum absolute atomic E-state index is 3.48. The van der Waals surface area contributed by atoms with E-state index in [1.54, 1.807) is 0 Å². The van der Waals surface area contributed by atoms with E-state index < -0.39 is 0 Å². The Morgan fingerprint density at radius 1 is 1.18 bits per heavy atom. The fourth-order valence-electron chi connectivity index (χ4n) is 2.96. The molecule has 0 aliphatic heterocycles. The quantitative estimate of drug-likeness (QED) is 0.697. The summed E-state index contributed by atoms with van der Waals surface area (Å²) in [5.74, 6) is 0.874. The van der Waals surface area contributed by atoms with Crippen molar-refractivity contribution >= 4 is 0 Å². The first-order chi connectivity index (χ1) is 8.17. The van der Waals surface area contributed by atoms with E-state index in [1.165, 1.54) is 51.9 Å². The van der Waals surface area contributed by atoms with Gasteiger partial charge in [-0.2, -0.15) is 0 Å². The lowest BCUT2D eigenvalue weighted by molar-refractivity contribution is 0.215. The molecule has 1 N–H and O–H groups in total. The van der Waals surface area contributed by atoms with Gasteiger partial charge in [0.25, 0.3) is 0 Å². The molecule has 0 radical (unpaired) electrons. The molecule has 1 saturated carbocycles. The predicted octanol–water partition coefficient (Wildman–Crippen LogP) is 1.65. The molecule has 3 nitrogen and oxygen atoms in total. The number of nitrogens with zero attached hydrogens (tertiary/aromatic N) is 2. The molecule has 0 aromatic carbocycles. The number of hydrogen-bond acceptors (Lipinski definition) is 3. The van der Waals surface area contributed by atoms with E-state index in [-0.39, 0.29) is 0 Å². The molecule has 1 fully saturated rings. The number of nitrogens with one attached hydrogen (secondary N) is 1. The Balaban J connectivity index is 2.25. The third kappa shape index (κ3) is 5.36. The molecule has 0 aromatic rings. The van der Waals surface area contributed by atoms with Crippen LogP contribution >= 0.6 is 0 Å². The zero-order chi connectivity index (χ0) is 12.7. The minimum atomic E-state index is 0.762. The van der Waals surface area contributed by atoms with Crippen molar-refractivity contribution in [3.63, 3.8) is 0 Å². The van der Waals surface area contributed by atoms with Gasteiger partial charge in [-0.3, -0.25) is 0 Å². The van der Waals surface area contributed by atoms with Gasteiger partial charge in [0.15, 0.2) is 0 Å². The van der Waals surface area contributed by atoms with E-state index >= 15 is 0 Å². The highest BCUT2D eigenvalue weighted by molar-refractivity contribution is 4.84. The van der Waals surface area contributed by atoms with E-state index in [0.29, 0.717) is 0 Å². The molecule has 2 atom stereocenters. The largest absolute Gasteiger partial charge is 0.317 e. The summed E-state index contributed by atoms with van der Waals surface area (Å²) in [6.45, 7) is 7.23. The summed E-state index contributed by atoms with van der Waals surface area (Å²) in [4.78, 5) is 4.91. The highest BCUT2D eigenvalue weighted by Gasteiger charge is 2.26. The average molecular weight is 241 g/mol. The van der Waals surface area contributed by atoms with E-state index in [4.69, 9.17) is 0 Å². The molecular formula is C14H31N3. The first kappa shape index (κ1) is 14.9. The fraction of sp³-hybridized carbons (Fsp3) is 1.00. The van der Waals surface area contributed by atoms with Gasteiger partial charge in [-0.25, -0.2) is 0 Å². The Kier molecular flexibility index (Phi) is 7.09. The maximum Gasteiger partial charge on any atom is 0.0104 e. The predicted molar refractivity (Wildman–Crippen MR) is 75.5 cm³/mol. The van der Waals surface area contributed by atoms with Gasteiger partial charge >= 0.3 is 0 Å². The Morgan fingerprint density at radius 3 is 2.53 bits per heavy atom. The van der Waals surface area contributed by atoms with Crippen LogP contribution in [-0.4, -0.2) is 63.2 Å². The molecule has 1 aliphatic rings. The summed E-state index contributed by atoms with van der Waals surface area (Å²) in [6.07, 6.45) is 5.48. The normalized spacial score (nSPS) is 25.1. The Bertz CT molecular complexity index is 194. The van der Waals surface area contributed by atoms with Gasteiger partial charge in [-0.05, 0) is 66.0 Å². The van der Waals surface area contributed by atoms with Crippen molar-refractivity contribution in [2.24, 2.45) is 5.92 Å². The van der Waals surface area contributed by atoms with Crippen molar-refractivity contribution in [2.75, 3.05) is 47.3 Å². The van der Waals surface area contributed by atoms with Crippen LogP contribution in [0.1, 0.15) is 32.6 Å². The van der Waals surface area contributed by atoms with Gasteiger partial charge in [0.1, 0.15) is 0 Å². The lowest BCUT2D eigenvalue weighted by Crippen LogP contribution is -2.38. The maximum atomic E-state index is 3.48. The van der Waals surface area contributed by atoms with Crippen LogP contribution in [0.4, 0.5) is 0 Å². The molecular weight excluding hydrogens is 210 g/mol. The lowest BCUT2D eigenvalue weighted by atomic mass is 10.0. The van der Waals surface area contributed by atoms with Crippen LogP contribution in [0.15, 0.2) is 0 Å². The van der Waals surface area contributed by atoms with Gasteiger partial charge in [-0.1, -0.05) is 13.3 Å². The smallest absolute Gasteiger partial charge is 0.0104 e. The van der Waals surface area contributed by atoms with Gasteiger partial charge in [0.2, 0.25) is 0 Å². The summed E-state index contributed by atoms with van der Waals surface area (Å²) in [5, 5.41) is 3.48. The topological polar surface area (TPSA) is 18.5 Å². The number of rotatable bonds is 8. The minimum absolute atomic E-state index is 0.762. The zero-order valence-electron chi connectivity index (χ0n) is 12.2. The Morgan fingerprint density at radius 2 is 1.94 bits per heavy atom. The second kappa shape index (κ2) is 8.06. The van der Waals surface area contributed by atoms with Gasteiger partial charge in [0.05, 0.1) is 0 Å². The standard InChI is InChI=1S/C14H31N3/c1-5-17(11-7-10-16(3)4)12-13-8-6-9-14(13)15-2/h13-15H,5-12H2,1-4H3. The van der Waals surface area contributed by atoms with Crippen LogP contribution in [0, 0.1) is 5.92 Å². The van der Waals surface area contributed by atoms with Crippen LogP contribution in [0.5, 0.6) is 0 Å². The molecule has 0 spiro atoms. The first-order valence-electron chi connectivity index (χ1n) is 7.21. The third-order valence-corrected chi connectivity index (χ3v) is 4.05. The molecule has 3 heteroatoms. The van der Waals surface area contributed by atoms with E-state index in [1.807, 2.05) is 0 Å². The molecule has 102 valence electrons. The second-order valence-corrected chi connectivity index (χ2v) is 5.64. The summed E-state index contributed by atoms with van der Waals surface area (Å²) >= 11 is 0. The summed E-state index contributed by atoms with van der Waals surface area (Å²) in [6, 6.07) is 0.762. The summed E-state index contributed by atoms with van der Waals surface area (Å²) < 4.78 is 0. The SMILES string of the molecule is CCN(CCCN(C)C)CC1CCCC1NC. The molecule has 0 heterocycles. The molecule has 1 aliphatic carbocycles. The van der Waals surface area contributed by atoms with E-state index in [2.05, 4.69) is 43.2 Å². The van der Waals surface area contributed by atoms with Crippen LogP contribution in [-0.2, 0) is 0 Å². The van der Waals surface area contributed by atoms with Crippen LogP contribution in [0.25, 0.3) is 0 Å². The lowest BCUT2D eigenvalue weighted by Gasteiger charge is -2.28. The van der Waals surface area contributed by atoms with Gasteiger partial charge in [0, 0.05) is 12.6 Å². The highest BCUT2D eigenvalue weighted by atomic mass is 15.1. The monoisotopic (exact) mass is 241 g/mol. The van der Waals surface area contributed by atoms with Crippen molar-refractivity contribution in [2.45, 2.75) is 38.6 Å². The highest BCUT2D eigenvalue weighted by Crippen LogP contribution is 2.26. The Labute approximate surface area is 108 Å². The van der Waals surface area contributed by atoms with Crippen molar-refractivity contribution in [1.82, 2.24) is 15.1 Å². The fourth-order valence-corrected chi connectivity index (χ4v) is 2.96. The van der Waals surface area contributed by atoms with Crippen LogP contribution < -0.4 is 5.32 Å². The van der Waals surface area contributed by atoms with Crippen LogP contribution in [0.2, 0.25) is 0 Å². The zero-order valence-corrected chi connectivity index (χ0v) is 12.2. The molecule has 0 amide bonds.